The number of hydrogen-bond acceptors (Lipinski definition) is 6. The van der Waals surface area contributed by atoms with Crippen LogP contribution in [0.25, 0.3) is 0 Å². The highest BCUT2D eigenvalue weighted by Crippen LogP contribution is 2.60. The second-order valence-corrected chi connectivity index (χ2v) is 14.6. The molecule has 0 amide bonds. The highest BCUT2D eigenvalue weighted by molar-refractivity contribution is 6.14. The van der Waals surface area contributed by atoms with E-state index in [1.165, 1.54) is 36.5 Å². The largest absolute Gasteiger partial charge is 0.299 e. The monoisotopic (exact) mass is 654 g/mol. The molecule has 0 aliphatic heterocycles. The Labute approximate surface area is 287 Å². The third-order valence-corrected chi connectivity index (χ3v) is 11.9. The number of fused-ring (bicyclic) bond motifs is 15. The van der Waals surface area contributed by atoms with Gasteiger partial charge in [0.25, 0.3) is 0 Å². The third kappa shape index (κ3) is 6.46. The molecule has 0 radical (unpaired) electrons. The first-order valence-corrected chi connectivity index (χ1v) is 17.8. The summed E-state index contributed by atoms with van der Waals surface area (Å²) in [5.41, 5.74) is 0. The van der Waals surface area contributed by atoms with Crippen molar-refractivity contribution in [2.45, 2.75) is 32.1 Å². The van der Waals surface area contributed by atoms with Gasteiger partial charge in [-0.25, -0.2) is 0 Å². The second kappa shape index (κ2) is 14.1. The molecule has 250 valence electrons. The number of hydrogen-bond donors (Lipinski definition) is 0. The summed E-state index contributed by atoms with van der Waals surface area (Å²) >= 11 is 0. The summed E-state index contributed by atoms with van der Waals surface area (Å²) in [5.74, 6) is 3.24. The first kappa shape index (κ1) is 32.9. The van der Waals surface area contributed by atoms with Crippen molar-refractivity contribution in [2.24, 2.45) is 71.0 Å². The van der Waals surface area contributed by atoms with Gasteiger partial charge in [0.15, 0.2) is 23.1 Å². The van der Waals surface area contributed by atoms with E-state index in [-0.39, 0.29) is 58.6 Å². The minimum Gasteiger partial charge on any atom is -0.299 e. The number of ketones is 6. The molecule has 6 bridgehead atoms. The van der Waals surface area contributed by atoms with Gasteiger partial charge >= 0.3 is 0 Å². The third-order valence-electron chi connectivity index (χ3n) is 11.9. The highest BCUT2D eigenvalue weighted by Gasteiger charge is 2.64. The van der Waals surface area contributed by atoms with Crippen LogP contribution in [0.5, 0.6) is 0 Å². The molecule has 11 aliphatic rings. The van der Waals surface area contributed by atoms with Crippen molar-refractivity contribution < 1.29 is 28.8 Å². The van der Waals surface area contributed by atoms with Crippen LogP contribution in [0.4, 0.5) is 0 Å². The topological polar surface area (TPSA) is 102 Å². The van der Waals surface area contributed by atoms with Gasteiger partial charge in [-0.05, 0) is 104 Å². The molecule has 6 nitrogen and oxygen atoms in total. The Kier molecular flexibility index (Phi) is 9.48. The zero-order valence-corrected chi connectivity index (χ0v) is 27.5. The fraction of sp³-hybridized carbons (Fsp3) is 0.395. The van der Waals surface area contributed by atoms with E-state index in [4.69, 9.17) is 0 Å². The van der Waals surface area contributed by atoms with Gasteiger partial charge in [-0.15, -0.1) is 0 Å². The Hall–Kier alpha value is -4.58. The molecule has 0 aromatic rings. The Bertz CT molecular complexity index is 1540. The smallest absolute Gasteiger partial charge is 0.178 e. The van der Waals surface area contributed by atoms with Gasteiger partial charge in [0.2, 0.25) is 0 Å². The van der Waals surface area contributed by atoms with Crippen molar-refractivity contribution in [3.63, 3.8) is 0 Å². The predicted molar refractivity (Wildman–Crippen MR) is 186 cm³/mol. The summed E-state index contributed by atoms with van der Waals surface area (Å²) in [6, 6.07) is 0. The molecule has 0 spiro atoms. The molecule has 0 aromatic carbocycles. The van der Waals surface area contributed by atoms with Gasteiger partial charge in [-0.1, -0.05) is 85.1 Å². The Morgan fingerprint density at radius 1 is 0.347 bits per heavy atom. The number of rotatable bonds is 0. The number of carbonyl (C=O) groups excluding carboxylic acids is 6. The van der Waals surface area contributed by atoms with E-state index in [2.05, 4.69) is 85.1 Å². The molecule has 0 N–H and O–H groups in total. The number of allylic oxidation sites excluding steroid dienone is 20. The fourth-order valence-corrected chi connectivity index (χ4v) is 9.85. The van der Waals surface area contributed by atoms with Crippen LogP contribution in [0.1, 0.15) is 32.1 Å². The average Bonchev–Trinajstić information content (AvgIpc) is 3.98. The summed E-state index contributed by atoms with van der Waals surface area (Å²) in [6.07, 6.45) is 43.0. The van der Waals surface area contributed by atoms with Crippen LogP contribution in [0.2, 0.25) is 0 Å². The maximum absolute atomic E-state index is 12.8. The summed E-state index contributed by atoms with van der Waals surface area (Å²) < 4.78 is 0. The predicted octanol–water partition coefficient (Wildman–Crippen LogP) is 6.40. The van der Waals surface area contributed by atoms with Gasteiger partial charge in [-0.2, -0.15) is 0 Å². The van der Waals surface area contributed by atoms with E-state index in [9.17, 15) is 28.8 Å². The van der Waals surface area contributed by atoms with E-state index < -0.39 is 0 Å². The maximum atomic E-state index is 12.8. The highest BCUT2D eigenvalue weighted by atomic mass is 16.2. The van der Waals surface area contributed by atoms with Gasteiger partial charge in [0.1, 0.15) is 11.6 Å². The van der Waals surface area contributed by atoms with E-state index in [0.717, 1.165) is 32.1 Å². The van der Waals surface area contributed by atoms with E-state index >= 15 is 0 Å². The molecular weight excluding hydrogens is 612 g/mol. The van der Waals surface area contributed by atoms with Crippen LogP contribution in [-0.4, -0.2) is 34.7 Å². The van der Waals surface area contributed by atoms with E-state index in [1.807, 2.05) is 0 Å². The van der Waals surface area contributed by atoms with E-state index in [1.54, 1.807) is 0 Å². The zero-order valence-electron chi connectivity index (χ0n) is 27.5. The van der Waals surface area contributed by atoms with E-state index in [0.29, 0.717) is 47.1 Å². The minimum absolute atomic E-state index is 0.0208. The first-order valence-electron chi connectivity index (χ1n) is 17.8. The molecule has 0 aromatic heterocycles. The number of carbonyl (C=O) groups is 6. The lowest BCUT2D eigenvalue weighted by Gasteiger charge is -2.40. The first-order chi connectivity index (χ1) is 23.8. The second-order valence-electron chi connectivity index (χ2n) is 14.6. The van der Waals surface area contributed by atoms with Crippen LogP contribution in [0.3, 0.4) is 0 Å². The molecule has 4 fully saturated rings. The summed E-state index contributed by atoms with van der Waals surface area (Å²) in [5, 5.41) is 0. The van der Waals surface area contributed by atoms with Gasteiger partial charge in [0, 0.05) is 35.5 Å². The van der Waals surface area contributed by atoms with Crippen molar-refractivity contribution in [1.82, 2.24) is 0 Å². The van der Waals surface area contributed by atoms with Gasteiger partial charge < -0.3 is 0 Å². The Balaban J connectivity index is 0.000000106. The molecule has 0 heterocycles. The molecule has 6 heteroatoms. The summed E-state index contributed by atoms with van der Waals surface area (Å²) in [6.45, 7) is 0. The normalized spacial score (nSPS) is 40.1. The van der Waals surface area contributed by atoms with Crippen molar-refractivity contribution in [3.05, 3.63) is 122 Å². The van der Waals surface area contributed by atoms with Crippen LogP contribution in [-0.2, 0) is 28.8 Å². The molecule has 12 unspecified atom stereocenters. The maximum Gasteiger partial charge on any atom is 0.178 e. The molecule has 0 saturated heterocycles. The Morgan fingerprint density at radius 2 is 0.612 bits per heavy atom. The van der Waals surface area contributed by atoms with Crippen molar-refractivity contribution in [2.75, 3.05) is 0 Å². The van der Waals surface area contributed by atoms with Crippen molar-refractivity contribution in [1.29, 1.82) is 0 Å². The molecule has 11 rings (SSSR count). The van der Waals surface area contributed by atoms with Crippen LogP contribution < -0.4 is 0 Å². The minimum atomic E-state index is -0.121. The average molecular weight is 655 g/mol. The van der Waals surface area contributed by atoms with Crippen LogP contribution in [0, 0.1) is 71.0 Å². The molecular formula is C43H42O6. The van der Waals surface area contributed by atoms with Gasteiger partial charge in [-0.3, -0.25) is 28.8 Å². The summed E-state index contributed by atoms with van der Waals surface area (Å²) in [4.78, 5) is 69.2. The lowest BCUT2D eigenvalue weighted by atomic mass is 9.60. The SMILES string of the molecule is C1=CCC=C1.C1=CCC=C1.O=C1C2C3C=CC(C3)C2C(=O)C2C3C=CC(C3)C12.O=C1C=CC(=O)C2C3C=CC(C3)C12.O=C1C=CC(=O)C=C1. The lowest BCUT2D eigenvalue weighted by Crippen LogP contribution is -2.50. The summed E-state index contributed by atoms with van der Waals surface area (Å²) in [7, 11) is 0. The van der Waals surface area contributed by atoms with Crippen LogP contribution in [0.15, 0.2) is 122 Å². The molecule has 49 heavy (non-hydrogen) atoms. The molecule has 11 aliphatic carbocycles. The van der Waals surface area contributed by atoms with Crippen molar-refractivity contribution in [3.8, 4) is 0 Å². The lowest BCUT2D eigenvalue weighted by molar-refractivity contribution is -0.148. The number of Topliss-reactive ketones (excluding diaryl/α,β-unsaturated/α-hetero) is 2. The Morgan fingerprint density at radius 3 is 0.857 bits per heavy atom. The van der Waals surface area contributed by atoms with Crippen LogP contribution >= 0.6 is 0 Å². The molecule has 4 saturated carbocycles. The van der Waals surface area contributed by atoms with Gasteiger partial charge in [0.05, 0.1) is 0 Å². The quantitative estimate of drug-likeness (QED) is 0.221. The zero-order chi connectivity index (χ0) is 34.1. The molecule has 12 atom stereocenters. The standard InChI is InChI=1S/C16H16O2.C11H10O2.C6H4O2.2C5H6/c17-15-11-7-1-2-8(5-7)12(11)16(18)14-10-4-3-9(6-10)13(14)15;12-8-3-4-9(13)11-7-2-1-6(5-7)10(8)11;7-5-1-2-6(8)4-3-5;2*1-2-4-5-3-1/h1-4,7-14H,5-6H2;1-4,6-7,10-11H,5H2;1-4H;2*1-4H,5H2. The fourth-order valence-electron chi connectivity index (χ4n) is 9.85. The van der Waals surface area contributed by atoms with Crippen molar-refractivity contribution >= 4 is 34.7 Å².